The number of carbonyl (C=O) groups is 2. The molecule has 1 heterocycles. The normalized spacial score (nSPS) is 31.2. The molecule has 108 valence electrons. The molecular weight excluding hydrogens is 244 g/mol. The zero-order chi connectivity index (χ0) is 14.3. The van der Waals surface area contributed by atoms with Gasteiger partial charge in [-0.25, -0.2) is 0 Å². The van der Waals surface area contributed by atoms with E-state index in [9.17, 15) is 14.7 Å². The molecule has 1 amide bonds. The largest absolute Gasteiger partial charge is 0.481 e. The van der Waals surface area contributed by atoms with Crippen LogP contribution in [0.5, 0.6) is 0 Å². The van der Waals surface area contributed by atoms with Gasteiger partial charge in [-0.2, -0.15) is 0 Å². The third-order valence-corrected chi connectivity index (χ3v) is 4.25. The number of rotatable bonds is 3. The number of hydrogen-bond donors (Lipinski definition) is 2. The van der Waals surface area contributed by atoms with Gasteiger partial charge in [0.15, 0.2) is 0 Å². The Labute approximate surface area is 114 Å². The first-order valence-electron chi connectivity index (χ1n) is 7.00. The number of nitrogens with zero attached hydrogens (tertiary/aromatic N) is 1. The van der Waals surface area contributed by atoms with Crippen LogP contribution < -0.4 is 5.32 Å². The Bertz CT molecular complexity index is 389. The molecule has 0 unspecified atom stereocenters. The van der Waals surface area contributed by atoms with Crippen LogP contribution >= 0.6 is 0 Å². The molecule has 2 aliphatic rings. The Morgan fingerprint density at radius 2 is 2.11 bits per heavy atom. The molecule has 5 nitrogen and oxygen atoms in total. The molecule has 1 aliphatic heterocycles. The Kier molecular flexibility index (Phi) is 3.60. The van der Waals surface area contributed by atoms with Crippen LogP contribution in [0.1, 0.15) is 40.0 Å². The van der Waals surface area contributed by atoms with E-state index in [-0.39, 0.29) is 17.4 Å². The van der Waals surface area contributed by atoms with Gasteiger partial charge in [-0.05, 0) is 39.5 Å². The predicted molar refractivity (Wildman–Crippen MR) is 71.7 cm³/mol. The molecule has 0 bridgehead atoms. The number of amides is 1. The molecule has 5 heteroatoms. The number of aliphatic carboxylic acids is 1. The molecule has 19 heavy (non-hydrogen) atoms. The van der Waals surface area contributed by atoms with Crippen LogP contribution in [0.15, 0.2) is 0 Å². The number of hydrogen-bond acceptors (Lipinski definition) is 3. The van der Waals surface area contributed by atoms with Gasteiger partial charge in [-0.3, -0.25) is 14.5 Å². The molecular formula is C14H24N2O3. The van der Waals surface area contributed by atoms with Gasteiger partial charge in [0, 0.05) is 18.6 Å². The maximum atomic E-state index is 11.9. The number of carbonyl (C=O) groups excluding carboxylic acids is 1. The minimum Gasteiger partial charge on any atom is -0.481 e. The van der Waals surface area contributed by atoms with Crippen LogP contribution in [0, 0.1) is 11.3 Å². The highest BCUT2D eigenvalue weighted by molar-refractivity contribution is 5.80. The van der Waals surface area contributed by atoms with Crippen LogP contribution in [0.4, 0.5) is 0 Å². The SMILES string of the molecule is CC(C)(C)NC(=O)CN1C[C@@H]2CCC[C@@]2(C(=O)O)C1. The summed E-state index contributed by atoms with van der Waals surface area (Å²) in [4.78, 5) is 25.4. The summed E-state index contributed by atoms with van der Waals surface area (Å²) in [6.07, 6.45) is 2.73. The van der Waals surface area contributed by atoms with Crippen molar-refractivity contribution in [3.8, 4) is 0 Å². The van der Waals surface area contributed by atoms with E-state index in [1.165, 1.54) is 0 Å². The van der Waals surface area contributed by atoms with Crippen LogP contribution in [0.2, 0.25) is 0 Å². The third-order valence-electron chi connectivity index (χ3n) is 4.25. The van der Waals surface area contributed by atoms with Crippen molar-refractivity contribution in [3.63, 3.8) is 0 Å². The standard InChI is InChI=1S/C14H24N2O3/c1-13(2,3)15-11(17)8-16-7-10-5-4-6-14(10,9-16)12(18)19/h10H,4-9H2,1-3H3,(H,15,17)(H,18,19)/t10-,14+/m0/s1. The lowest BCUT2D eigenvalue weighted by Crippen LogP contribution is -2.46. The Balaban J connectivity index is 1.95. The van der Waals surface area contributed by atoms with Gasteiger partial charge in [0.1, 0.15) is 0 Å². The fourth-order valence-electron chi connectivity index (χ4n) is 3.52. The summed E-state index contributed by atoms with van der Waals surface area (Å²) in [7, 11) is 0. The lowest BCUT2D eigenvalue weighted by Gasteiger charge is -2.25. The summed E-state index contributed by atoms with van der Waals surface area (Å²) in [5, 5.41) is 12.4. The highest BCUT2D eigenvalue weighted by Gasteiger charge is 2.54. The number of carboxylic acid groups (broad SMARTS) is 1. The Morgan fingerprint density at radius 1 is 1.42 bits per heavy atom. The van der Waals surface area contributed by atoms with Crippen molar-refractivity contribution >= 4 is 11.9 Å². The van der Waals surface area contributed by atoms with E-state index in [0.717, 1.165) is 25.8 Å². The first-order valence-corrected chi connectivity index (χ1v) is 7.00. The first-order chi connectivity index (χ1) is 8.73. The highest BCUT2D eigenvalue weighted by Crippen LogP contribution is 2.48. The molecule has 1 saturated heterocycles. The fraction of sp³-hybridized carbons (Fsp3) is 0.857. The molecule has 0 aromatic carbocycles. The van der Waals surface area contributed by atoms with Gasteiger partial charge >= 0.3 is 5.97 Å². The van der Waals surface area contributed by atoms with E-state index in [1.807, 2.05) is 25.7 Å². The lowest BCUT2D eigenvalue weighted by molar-refractivity contribution is -0.149. The van der Waals surface area contributed by atoms with E-state index in [1.54, 1.807) is 0 Å². The van der Waals surface area contributed by atoms with E-state index in [2.05, 4.69) is 5.32 Å². The van der Waals surface area contributed by atoms with E-state index < -0.39 is 11.4 Å². The molecule has 1 saturated carbocycles. The van der Waals surface area contributed by atoms with Crippen molar-refractivity contribution in [2.45, 2.75) is 45.6 Å². The maximum absolute atomic E-state index is 11.9. The van der Waals surface area contributed by atoms with Crippen molar-refractivity contribution in [1.29, 1.82) is 0 Å². The minimum absolute atomic E-state index is 0.0204. The lowest BCUT2D eigenvalue weighted by atomic mass is 9.81. The number of fused-ring (bicyclic) bond motifs is 1. The van der Waals surface area contributed by atoms with Gasteiger partial charge in [0.2, 0.25) is 5.91 Å². The average molecular weight is 268 g/mol. The Morgan fingerprint density at radius 3 is 2.63 bits per heavy atom. The van der Waals surface area contributed by atoms with Crippen LogP contribution in [0.3, 0.4) is 0 Å². The molecule has 0 aromatic heterocycles. The second-order valence-electron chi connectivity index (χ2n) is 7.02. The second-order valence-corrected chi connectivity index (χ2v) is 7.02. The minimum atomic E-state index is -0.686. The summed E-state index contributed by atoms with van der Waals surface area (Å²) < 4.78 is 0. The zero-order valence-corrected chi connectivity index (χ0v) is 12.0. The van der Waals surface area contributed by atoms with E-state index in [4.69, 9.17) is 0 Å². The molecule has 2 N–H and O–H groups in total. The van der Waals surface area contributed by atoms with Crippen molar-refractivity contribution in [2.24, 2.45) is 11.3 Å². The summed E-state index contributed by atoms with van der Waals surface area (Å²) in [6.45, 7) is 7.41. The average Bonchev–Trinajstić information content (AvgIpc) is 2.70. The summed E-state index contributed by atoms with van der Waals surface area (Å²) in [5.41, 5.74) is -0.834. The van der Waals surface area contributed by atoms with Gasteiger partial charge in [0.05, 0.1) is 12.0 Å². The zero-order valence-electron chi connectivity index (χ0n) is 12.0. The monoisotopic (exact) mass is 268 g/mol. The summed E-state index contributed by atoms with van der Waals surface area (Å²) in [6, 6.07) is 0. The van der Waals surface area contributed by atoms with Gasteiger partial charge in [0.25, 0.3) is 0 Å². The van der Waals surface area contributed by atoms with Gasteiger partial charge < -0.3 is 10.4 Å². The van der Waals surface area contributed by atoms with Crippen molar-refractivity contribution in [1.82, 2.24) is 10.2 Å². The molecule has 2 atom stereocenters. The number of carboxylic acids is 1. The Hall–Kier alpha value is -1.10. The number of nitrogens with one attached hydrogen (secondary N) is 1. The smallest absolute Gasteiger partial charge is 0.311 e. The van der Waals surface area contributed by atoms with Crippen molar-refractivity contribution in [2.75, 3.05) is 19.6 Å². The van der Waals surface area contributed by atoms with Crippen LogP contribution in [-0.2, 0) is 9.59 Å². The molecule has 2 fully saturated rings. The highest BCUT2D eigenvalue weighted by atomic mass is 16.4. The summed E-state index contributed by atoms with van der Waals surface area (Å²) >= 11 is 0. The molecule has 2 rings (SSSR count). The van der Waals surface area contributed by atoms with Gasteiger partial charge in [-0.15, -0.1) is 0 Å². The second kappa shape index (κ2) is 4.78. The van der Waals surface area contributed by atoms with Crippen LogP contribution in [-0.4, -0.2) is 47.1 Å². The van der Waals surface area contributed by atoms with E-state index in [0.29, 0.717) is 13.1 Å². The fourth-order valence-corrected chi connectivity index (χ4v) is 3.52. The molecule has 0 radical (unpaired) electrons. The molecule has 1 aliphatic carbocycles. The summed E-state index contributed by atoms with van der Waals surface area (Å²) in [5.74, 6) is -0.492. The van der Waals surface area contributed by atoms with E-state index >= 15 is 0 Å². The van der Waals surface area contributed by atoms with Crippen molar-refractivity contribution in [3.05, 3.63) is 0 Å². The maximum Gasteiger partial charge on any atom is 0.311 e. The van der Waals surface area contributed by atoms with Crippen LogP contribution in [0.25, 0.3) is 0 Å². The third kappa shape index (κ3) is 2.91. The van der Waals surface area contributed by atoms with Gasteiger partial charge in [-0.1, -0.05) is 6.42 Å². The molecule has 0 spiro atoms. The first kappa shape index (κ1) is 14.3. The topological polar surface area (TPSA) is 69.6 Å². The molecule has 0 aromatic rings. The number of likely N-dealkylation sites (tertiary alicyclic amines) is 1. The quantitative estimate of drug-likeness (QED) is 0.804. The van der Waals surface area contributed by atoms with Crippen molar-refractivity contribution < 1.29 is 14.7 Å². The predicted octanol–water partition coefficient (Wildman–Crippen LogP) is 1.09.